The molecule has 0 fully saturated rings. The standard InChI is InChI=1S/C14H19NO2S/c1-9-6-13(15-2)12-7-10-4-3-5-11(10)8-14(12)18(9,16)17/h7-9,13,15H,3-6H2,1-2H3. The van der Waals surface area contributed by atoms with E-state index in [-0.39, 0.29) is 11.3 Å². The highest BCUT2D eigenvalue weighted by Gasteiger charge is 2.36. The Bertz CT molecular complexity index is 592. The summed E-state index contributed by atoms with van der Waals surface area (Å²) in [4.78, 5) is 0.571. The van der Waals surface area contributed by atoms with Crippen molar-refractivity contribution in [2.75, 3.05) is 7.05 Å². The Labute approximate surface area is 109 Å². The van der Waals surface area contributed by atoms with Crippen LogP contribution in [0.4, 0.5) is 0 Å². The van der Waals surface area contributed by atoms with Crippen LogP contribution in [0, 0.1) is 0 Å². The van der Waals surface area contributed by atoms with Gasteiger partial charge in [0.1, 0.15) is 0 Å². The van der Waals surface area contributed by atoms with Crippen molar-refractivity contribution in [1.29, 1.82) is 0 Å². The lowest BCUT2D eigenvalue weighted by Gasteiger charge is -2.30. The van der Waals surface area contributed by atoms with Gasteiger partial charge in [-0.1, -0.05) is 6.07 Å². The highest BCUT2D eigenvalue weighted by atomic mass is 32.2. The van der Waals surface area contributed by atoms with Crippen LogP contribution < -0.4 is 5.32 Å². The zero-order chi connectivity index (χ0) is 12.9. The molecule has 1 aromatic carbocycles. The van der Waals surface area contributed by atoms with Gasteiger partial charge in [0.15, 0.2) is 9.84 Å². The Morgan fingerprint density at radius 2 is 1.89 bits per heavy atom. The largest absolute Gasteiger partial charge is 0.313 e. The van der Waals surface area contributed by atoms with E-state index in [2.05, 4.69) is 11.4 Å². The average Bonchev–Trinajstić information content (AvgIpc) is 2.79. The van der Waals surface area contributed by atoms with E-state index >= 15 is 0 Å². The second-order valence-electron chi connectivity index (χ2n) is 5.44. The minimum atomic E-state index is -3.13. The molecule has 1 heterocycles. The highest BCUT2D eigenvalue weighted by molar-refractivity contribution is 7.92. The summed E-state index contributed by atoms with van der Waals surface area (Å²) in [6.07, 6.45) is 3.94. The van der Waals surface area contributed by atoms with Crippen molar-refractivity contribution in [3.63, 3.8) is 0 Å². The van der Waals surface area contributed by atoms with Crippen molar-refractivity contribution in [3.05, 3.63) is 28.8 Å². The molecule has 98 valence electrons. The molecule has 1 aromatic rings. The lowest BCUT2D eigenvalue weighted by molar-refractivity contribution is 0.493. The zero-order valence-corrected chi connectivity index (χ0v) is 11.7. The van der Waals surface area contributed by atoms with Gasteiger partial charge in [0.05, 0.1) is 10.1 Å². The average molecular weight is 265 g/mol. The molecular formula is C14H19NO2S. The summed E-state index contributed by atoms with van der Waals surface area (Å²) >= 11 is 0. The quantitative estimate of drug-likeness (QED) is 0.845. The van der Waals surface area contributed by atoms with E-state index in [1.165, 1.54) is 11.1 Å². The van der Waals surface area contributed by atoms with E-state index in [0.717, 1.165) is 24.8 Å². The van der Waals surface area contributed by atoms with Gasteiger partial charge in [-0.15, -0.1) is 0 Å². The van der Waals surface area contributed by atoms with E-state index < -0.39 is 9.84 Å². The van der Waals surface area contributed by atoms with Crippen molar-refractivity contribution < 1.29 is 8.42 Å². The monoisotopic (exact) mass is 265 g/mol. The van der Waals surface area contributed by atoms with Crippen LogP contribution in [0.3, 0.4) is 0 Å². The topological polar surface area (TPSA) is 46.2 Å². The Balaban J connectivity index is 2.24. The van der Waals surface area contributed by atoms with E-state index in [4.69, 9.17) is 0 Å². The van der Waals surface area contributed by atoms with E-state index in [1.807, 2.05) is 20.0 Å². The van der Waals surface area contributed by atoms with Crippen molar-refractivity contribution >= 4 is 9.84 Å². The highest BCUT2D eigenvalue weighted by Crippen LogP contribution is 2.39. The van der Waals surface area contributed by atoms with Crippen LogP contribution in [0.25, 0.3) is 0 Å². The number of aryl methyl sites for hydroxylation is 2. The van der Waals surface area contributed by atoms with E-state index in [9.17, 15) is 8.42 Å². The minimum absolute atomic E-state index is 0.171. The molecule has 0 saturated carbocycles. The molecule has 0 amide bonds. The first kappa shape index (κ1) is 12.2. The van der Waals surface area contributed by atoms with Crippen LogP contribution in [-0.2, 0) is 22.7 Å². The van der Waals surface area contributed by atoms with Crippen LogP contribution in [0.15, 0.2) is 17.0 Å². The summed E-state index contributed by atoms with van der Waals surface area (Å²) in [5.74, 6) is 0. The Kier molecular flexibility index (Phi) is 2.75. The molecule has 2 atom stereocenters. The van der Waals surface area contributed by atoms with Gasteiger partial charge in [0.2, 0.25) is 0 Å². The number of hydrogen-bond acceptors (Lipinski definition) is 3. The molecule has 3 rings (SSSR count). The summed E-state index contributed by atoms with van der Waals surface area (Å²) < 4.78 is 24.9. The normalized spacial score (nSPS) is 28.8. The van der Waals surface area contributed by atoms with Crippen molar-refractivity contribution in [2.24, 2.45) is 0 Å². The summed E-state index contributed by atoms with van der Waals surface area (Å²) in [5.41, 5.74) is 3.57. The Hall–Kier alpha value is -0.870. The van der Waals surface area contributed by atoms with Gasteiger partial charge in [-0.3, -0.25) is 0 Å². The van der Waals surface area contributed by atoms with Crippen LogP contribution in [0.1, 0.15) is 42.5 Å². The molecule has 4 heteroatoms. The fraction of sp³-hybridized carbons (Fsp3) is 0.571. The van der Waals surface area contributed by atoms with Gasteiger partial charge < -0.3 is 5.32 Å². The predicted molar refractivity (Wildman–Crippen MR) is 71.5 cm³/mol. The molecule has 0 aromatic heterocycles. The summed E-state index contributed by atoms with van der Waals surface area (Å²) in [7, 11) is -1.22. The molecule has 0 bridgehead atoms. The molecule has 1 N–H and O–H groups in total. The molecule has 2 aliphatic rings. The van der Waals surface area contributed by atoms with Crippen LogP contribution in [-0.4, -0.2) is 20.7 Å². The second kappa shape index (κ2) is 4.07. The minimum Gasteiger partial charge on any atom is -0.313 e. The lowest BCUT2D eigenvalue weighted by Crippen LogP contribution is -2.33. The smallest absolute Gasteiger partial charge is 0.181 e. The van der Waals surface area contributed by atoms with Crippen LogP contribution in [0.5, 0.6) is 0 Å². The van der Waals surface area contributed by atoms with E-state index in [1.54, 1.807) is 0 Å². The van der Waals surface area contributed by atoms with Gasteiger partial charge >= 0.3 is 0 Å². The number of rotatable bonds is 1. The van der Waals surface area contributed by atoms with Crippen molar-refractivity contribution in [3.8, 4) is 0 Å². The maximum atomic E-state index is 12.4. The number of fused-ring (bicyclic) bond motifs is 2. The van der Waals surface area contributed by atoms with Gasteiger partial charge in [-0.2, -0.15) is 0 Å². The molecule has 1 aliphatic carbocycles. The summed E-state index contributed by atoms with van der Waals surface area (Å²) in [5, 5.41) is 2.97. The van der Waals surface area contributed by atoms with Crippen molar-refractivity contribution in [1.82, 2.24) is 5.32 Å². The maximum absolute atomic E-state index is 12.4. The third-order valence-electron chi connectivity index (χ3n) is 4.35. The van der Waals surface area contributed by atoms with Crippen molar-refractivity contribution in [2.45, 2.75) is 48.8 Å². The molecule has 1 aliphatic heterocycles. The zero-order valence-electron chi connectivity index (χ0n) is 10.9. The van der Waals surface area contributed by atoms with Gasteiger partial charge in [-0.25, -0.2) is 8.42 Å². The second-order valence-corrected chi connectivity index (χ2v) is 7.78. The molecule has 18 heavy (non-hydrogen) atoms. The summed E-state index contributed by atoms with van der Waals surface area (Å²) in [6.45, 7) is 1.82. The first-order chi connectivity index (χ1) is 8.54. The molecular weight excluding hydrogens is 246 g/mol. The number of hydrogen-bond donors (Lipinski definition) is 1. The molecule has 0 saturated heterocycles. The summed E-state index contributed by atoms with van der Waals surface area (Å²) in [6, 6.07) is 4.24. The Morgan fingerprint density at radius 3 is 2.56 bits per heavy atom. The molecule has 2 unspecified atom stereocenters. The number of sulfone groups is 1. The lowest BCUT2D eigenvalue weighted by atomic mass is 9.97. The first-order valence-electron chi connectivity index (χ1n) is 6.61. The molecule has 0 radical (unpaired) electrons. The number of benzene rings is 1. The van der Waals surface area contributed by atoms with Gasteiger partial charge in [0.25, 0.3) is 0 Å². The van der Waals surface area contributed by atoms with E-state index in [0.29, 0.717) is 11.3 Å². The number of nitrogens with one attached hydrogen (secondary N) is 1. The van der Waals surface area contributed by atoms with Gasteiger partial charge in [-0.05, 0) is 62.4 Å². The fourth-order valence-electron chi connectivity index (χ4n) is 3.21. The Morgan fingerprint density at radius 1 is 1.22 bits per heavy atom. The fourth-order valence-corrected chi connectivity index (χ4v) is 4.93. The maximum Gasteiger partial charge on any atom is 0.181 e. The molecule has 0 spiro atoms. The van der Waals surface area contributed by atoms with Crippen LogP contribution in [0.2, 0.25) is 0 Å². The third-order valence-corrected chi connectivity index (χ3v) is 6.57. The molecule has 3 nitrogen and oxygen atoms in total. The van der Waals surface area contributed by atoms with Gasteiger partial charge in [0, 0.05) is 6.04 Å². The predicted octanol–water partition coefficient (Wildman–Crippen LogP) is 2.00. The third kappa shape index (κ3) is 1.62. The first-order valence-corrected chi connectivity index (χ1v) is 8.15. The SMILES string of the molecule is CNC1CC(C)S(=O)(=O)c2cc3c(cc21)CCC3. The van der Waals surface area contributed by atoms with Crippen LogP contribution >= 0.6 is 0 Å².